The van der Waals surface area contributed by atoms with Gasteiger partial charge in [-0.05, 0) is 12.1 Å². The summed E-state index contributed by atoms with van der Waals surface area (Å²) in [5.74, 6) is 1.61. The molecular formula is C17H17FN6O2. The highest BCUT2D eigenvalue weighted by Gasteiger charge is 2.22. The minimum Gasteiger partial charge on any atom is -0.493 e. The quantitative estimate of drug-likeness (QED) is 0.709. The minimum atomic E-state index is -0.251. The number of aromatic nitrogens is 4. The molecule has 2 aliphatic heterocycles. The average molecular weight is 356 g/mol. The first-order valence-corrected chi connectivity index (χ1v) is 8.52. The van der Waals surface area contributed by atoms with Crippen LogP contribution in [0.1, 0.15) is 11.1 Å². The van der Waals surface area contributed by atoms with Gasteiger partial charge in [0.15, 0.2) is 5.75 Å². The van der Waals surface area contributed by atoms with Crippen molar-refractivity contribution in [2.45, 2.75) is 19.1 Å². The Morgan fingerprint density at radius 2 is 2.31 bits per heavy atom. The summed E-state index contributed by atoms with van der Waals surface area (Å²) in [5.41, 5.74) is 2.09. The summed E-state index contributed by atoms with van der Waals surface area (Å²) in [4.78, 5) is 4.40. The Morgan fingerprint density at radius 1 is 1.38 bits per heavy atom. The number of anilines is 1. The fraction of sp³-hybridized carbons (Fsp3) is 0.353. The molecule has 2 aromatic heterocycles. The summed E-state index contributed by atoms with van der Waals surface area (Å²) in [6.07, 6.45) is 4.02. The number of fused-ring (bicyclic) bond motifs is 2. The number of hydrogen-bond donors (Lipinski definition) is 2. The lowest BCUT2D eigenvalue weighted by molar-refractivity contribution is 0.143. The fourth-order valence-corrected chi connectivity index (χ4v) is 3.21. The highest BCUT2D eigenvalue weighted by atomic mass is 19.1. The number of rotatable bonds is 5. The van der Waals surface area contributed by atoms with Crippen LogP contribution in [0.2, 0.25) is 0 Å². The van der Waals surface area contributed by atoms with E-state index in [2.05, 4.69) is 25.8 Å². The van der Waals surface area contributed by atoms with Gasteiger partial charge in [0.1, 0.15) is 24.0 Å². The zero-order chi connectivity index (χ0) is 17.5. The molecule has 4 heterocycles. The third-order valence-electron chi connectivity index (χ3n) is 4.70. The zero-order valence-corrected chi connectivity index (χ0v) is 13.9. The minimum absolute atomic E-state index is 0.122. The molecule has 0 bridgehead atoms. The van der Waals surface area contributed by atoms with Crippen molar-refractivity contribution in [1.29, 1.82) is 0 Å². The molecule has 26 heavy (non-hydrogen) atoms. The van der Waals surface area contributed by atoms with Crippen LogP contribution in [0.25, 0.3) is 5.65 Å². The highest BCUT2D eigenvalue weighted by molar-refractivity contribution is 5.56. The average Bonchev–Trinajstić information content (AvgIpc) is 3.27. The van der Waals surface area contributed by atoms with Gasteiger partial charge in [-0.25, -0.2) is 13.8 Å². The molecule has 0 radical (unpaired) electrons. The Bertz CT molecular complexity index is 971. The lowest BCUT2D eigenvalue weighted by Crippen LogP contribution is -2.50. The van der Waals surface area contributed by atoms with Gasteiger partial charge >= 0.3 is 0 Å². The van der Waals surface area contributed by atoms with Crippen molar-refractivity contribution < 1.29 is 13.9 Å². The van der Waals surface area contributed by atoms with Gasteiger partial charge in [-0.3, -0.25) is 0 Å². The van der Waals surface area contributed by atoms with Gasteiger partial charge in [-0.1, -0.05) is 0 Å². The molecule has 0 amide bonds. The number of hydrogen-bond acceptors (Lipinski definition) is 7. The topological polar surface area (TPSA) is 85.6 Å². The van der Waals surface area contributed by atoms with Crippen molar-refractivity contribution in [2.24, 2.45) is 0 Å². The maximum atomic E-state index is 14.3. The second-order valence-corrected chi connectivity index (χ2v) is 6.32. The number of nitrogens with zero attached hydrogens (tertiary/aromatic N) is 4. The summed E-state index contributed by atoms with van der Waals surface area (Å²) in [5, 5.41) is 14.4. The van der Waals surface area contributed by atoms with Gasteiger partial charge in [0, 0.05) is 37.2 Å². The first-order chi connectivity index (χ1) is 12.8. The maximum Gasteiger partial charge on any atom is 0.210 e. The Hall–Kier alpha value is -2.94. The summed E-state index contributed by atoms with van der Waals surface area (Å²) in [6, 6.07) is 3.12. The number of nitrogens with one attached hydrogen (secondary N) is 2. The van der Waals surface area contributed by atoms with Crippen molar-refractivity contribution in [3.05, 3.63) is 41.6 Å². The van der Waals surface area contributed by atoms with Crippen LogP contribution in [-0.4, -0.2) is 45.4 Å². The van der Waals surface area contributed by atoms with Crippen LogP contribution in [0.5, 0.6) is 11.5 Å². The van der Waals surface area contributed by atoms with E-state index in [1.54, 1.807) is 23.0 Å². The summed E-state index contributed by atoms with van der Waals surface area (Å²) in [7, 11) is 0. The number of ether oxygens (including phenoxy) is 2. The SMILES string of the molecule is Fc1ccc2c(c1CNc1ncc(OC3CNC3)c3nncn13)CCO2. The smallest absolute Gasteiger partial charge is 0.210 e. The van der Waals surface area contributed by atoms with Gasteiger partial charge in [-0.2, -0.15) is 0 Å². The van der Waals surface area contributed by atoms with Crippen LogP contribution < -0.4 is 20.1 Å². The van der Waals surface area contributed by atoms with Gasteiger partial charge in [0.25, 0.3) is 0 Å². The van der Waals surface area contributed by atoms with Crippen LogP contribution in [0.4, 0.5) is 10.3 Å². The molecule has 0 aliphatic carbocycles. The van der Waals surface area contributed by atoms with Gasteiger partial charge in [0.2, 0.25) is 11.6 Å². The fourth-order valence-electron chi connectivity index (χ4n) is 3.21. The monoisotopic (exact) mass is 356 g/mol. The number of halogens is 1. The molecule has 0 saturated carbocycles. The summed E-state index contributed by atoms with van der Waals surface area (Å²) >= 11 is 0. The molecule has 0 spiro atoms. The molecule has 9 heteroatoms. The van der Waals surface area contributed by atoms with Crippen molar-refractivity contribution in [2.75, 3.05) is 25.0 Å². The third kappa shape index (κ3) is 2.51. The van der Waals surface area contributed by atoms with Crippen LogP contribution in [0, 0.1) is 5.82 Å². The third-order valence-corrected chi connectivity index (χ3v) is 4.70. The normalized spacial score (nSPS) is 16.2. The van der Waals surface area contributed by atoms with Gasteiger partial charge < -0.3 is 20.1 Å². The first-order valence-electron chi connectivity index (χ1n) is 8.52. The molecule has 0 unspecified atom stereocenters. The van der Waals surface area contributed by atoms with E-state index in [1.807, 2.05) is 0 Å². The van der Waals surface area contributed by atoms with E-state index in [4.69, 9.17) is 9.47 Å². The van der Waals surface area contributed by atoms with Gasteiger partial charge in [-0.15, -0.1) is 10.2 Å². The predicted octanol–water partition coefficient (Wildman–Crippen LogP) is 1.16. The molecule has 1 fully saturated rings. The molecule has 5 rings (SSSR count). The largest absolute Gasteiger partial charge is 0.493 e. The predicted molar refractivity (Wildman–Crippen MR) is 91.0 cm³/mol. The molecule has 0 atom stereocenters. The van der Waals surface area contributed by atoms with Crippen LogP contribution in [0.3, 0.4) is 0 Å². The van der Waals surface area contributed by atoms with Crippen molar-refractivity contribution >= 4 is 11.6 Å². The van der Waals surface area contributed by atoms with E-state index in [9.17, 15) is 4.39 Å². The number of benzene rings is 1. The van der Waals surface area contributed by atoms with E-state index in [0.29, 0.717) is 42.5 Å². The van der Waals surface area contributed by atoms with E-state index in [-0.39, 0.29) is 11.9 Å². The van der Waals surface area contributed by atoms with Crippen LogP contribution >= 0.6 is 0 Å². The van der Waals surface area contributed by atoms with Crippen molar-refractivity contribution in [3.63, 3.8) is 0 Å². The summed E-state index contributed by atoms with van der Waals surface area (Å²) < 4.78 is 27.4. The lowest BCUT2D eigenvalue weighted by atomic mass is 10.0. The maximum absolute atomic E-state index is 14.3. The Kier molecular flexibility index (Phi) is 3.59. The van der Waals surface area contributed by atoms with Crippen LogP contribution in [0.15, 0.2) is 24.7 Å². The second-order valence-electron chi connectivity index (χ2n) is 6.32. The van der Waals surface area contributed by atoms with E-state index >= 15 is 0 Å². The second kappa shape index (κ2) is 6.10. The van der Waals surface area contributed by atoms with E-state index in [0.717, 1.165) is 24.4 Å². The van der Waals surface area contributed by atoms with Gasteiger partial charge in [0.05, 0.1) is 12.8 Å². The Balaban J connectivity index is 1.41. The standard InChI is InChI=1S/C17H17FN6O2/c18-13-1-2-14-11(3-4-25-14)12(13)7-20-17-21-8-15(26-10-5-19-6-10)16-23-22-9-24(16)17/h1-2,8-10,19H,3-7H2,(H,20,21). The molecular weight excluding hydrogens is 339 g/mol. The molecule has 1 aromatic carbocycles. The van der Waals surface area contributed by atoms with E-state index < -0.39 is 0 Å². The van der Waals surface area contributed by atoms with Crippen molar-refractivity contribution in [3.8, 4) is 11.5 Å². The zero-order valence-electron chi connectivity index (χ0n) is 13.9. The Labute approximate surface area is 148 Å². The van der Waals surface area contributed by atoms with E-state index in [1.165, 1.54) is 6.07 Å². The van der Waals surface area contributed by atoms with Crippen LogP contribution in [-0.2, 0) is 13.0 Å². The molecule has 1 saturated heterocycles. The summed E-state index contributed by atoms with van der Waals surface area (Å²) in [6.45, 7) is 2.49. The highest BCUT2D eigenvalue weighted by Crippen LogP contribution is 2.30. The molecule has 8 nitrogen and oxygen atoms in total. The molecule has 134 valence electrons. The lowest BCUT2D eigenvalue weighted by Gasteiger charge is -2.27. The molecule has 2 aliphatic rings. The molecule has 3 aromatic rings. The van der Waals surface area contributed by atoms with Crippen molar-refractivity contribution in [1.82, 2.24) is 24.9 Å². The Morgan fingerprint density at radius 3 is 3.15 bits per heavy atom. The first kappa shape index (κ1) is 15.3. The molecule has 2 N–H and O–H groups in total.